The number of carbonyl (C=O) groups excluding carboxylic acids is 3. The molecule has 0 spiro atoms. The van der Waals surface area contributed by atoms with Gasteiger partial charge in [0, 0.05) is 17.1 Å². The molecule has 0 radical (unpaired) electrons. The first-order valence-corrected chi connectivity index (χ1v) is 12.8. The molecule has 1 N–H and O–H groups in total. The zero-order chi connectivity index (χ0) is 25.1. The van der Waals surface area contributed by atoms with Crippen LogP contribution in [0.15, 0.2) is 66.0 Å². The molecule has 0 aliphatic carbocycles. The molecule has 2 heterocycles. The number of hydrogen-bond acceptors (Lipinski definition) is 4. The second-order valence-electron chi connectivity index (χ2n) is 9.41. The van der Waals surface area contributed by atoms with E-state index < -0.39 is 12.1 Å². The second kappa shape index (κ2) is 10.4. The van der Waals surface area contributed by atoms with Gasteiger partial charge in [0.2, 0.25) is 5.91 Å². The third kappa shape index (κ3) is 5.15. The molecule has 2 aromatic carbocycles. The molecule has 1 aliphatic rings. The van der Waals surface area contributed by atoms with Gasteiger partial charge in [0.1, 0.15) is 12.6 Å². The summed E-state index contributed by atoms with van der Waals surface area (Å²) < 4.78 is 0. The summed E-state index contributed by atoms with van der Waals surface area (Å²) in [7, 11) is 0. The molecule has 1 aromatic heterocycles. The van der Waals surface area contributed by atoms with E-state index in [1.807, 2.05) is 66.0 Å². The van der Waals surface area contributed by atoms with Gasteiger partial charge in [-0.15, -0.1) is 11.3 Å². The van der Waals surface area contributed by atoms with Crippen LogP contribution in [0.4, 0.5) is 10.5 Å². The third-order valence-electron chi connectivity index (χ3n) is 6.24. The van der Waals surface area contributed by atoms with Crippen LogP contribution < -0.4 is 5.32 Å². The lowest BCUT2D eigenvalue weighted by molar-refractivity contribution is -0.131. The minimum Gasteiger partial charge on any atom is -0.324 e. The molecule has 4 rings (SSSR count). The summed E-state index contributed by atoms with van der Waals surface area (Å²) in [4.78, 5) is 43.5. The van der Waals surface area contributed by atoms with E-state index in [1.54, 1.807) is 4.90 Å². The maximum Gasteiger partial charge on any atom is 0.328 e. The molecule has 0 saturated carbocycles. The van der Waals surface area contributed by atoms with E-state index in [-0.39, 0.29) is 30.2 Å². The molecule has 6 nitrogen and oxygen atoms in total. The Balaban J connectivity index is 1.59. The Morgan fingerprint density at radius 1 is 0.914 bits per heavy atom. The molecule has 35 heavy (non-hydrogen) atoms. The van der Waals surface area contributed by atoms with Crippen LogP contribution in [0, 0.1) is 0 Å². The average Bonchev–Trinajstić information content (AvgIpc) is 3.43. The van der Waals surface area contributed by atoms with Gasteiger partial charge < -0.3 is 10.2 Å². The van der Waals surface area contributed by atoms with E-state index >= 15 is 0 Å². The second-order valence-corrected chi connectivity index (χ2v) is 10.4. The Morgan fingerprint density at radius 2 is 1.57 bits per heavy atom. The Hall–Kier alpha value is -3.45. The highest BCUT2D eigenvalue weighted by Gasteiger charge is 2.47. The molecule has 7 heteroatoms. The minimum absolute atomic E-state index is 0.212. The van der Waals surface area contributed by atoms with E-state index in [0.717, 1.165) is 32.2 Å². The maximum atomic E-state index is 13.4. The van der Waals surface area contributed by atoms with Gasteiger partial charge >= 0.3 is 6.03 Å². The molecule has 1 saturated heterocycles. The smallest absolute Gasteiger partial charge is 0.324 e. The molecule has 182 valence electrons. The highest BCUT2D eigenvalue weighted by molar-refractivity contribution is 7.10. The quantitative estimate of drug-likeness (QED) is 0.387. The highest BCUT2D eigenvalue weighted by Crippen LogP contribution is 2.36. The Labute approximate surface area is 210 Å². The molecule has 1 aliphatic heterocycles. The molecule has 4 amide bonds. The third-order valence-corrected chi connectivity index (χ3v) is 7.16. The van der Waals surface area contributed by atoms with Crippen molar-refractivity contribution in [3.05, 3.63) is 87.6 Å². The van der Waals surface area contributed by atoms with E-state index in [9.17, 15) is 14.4 Å². The van der Waals surface area contributed by atoms with Crippen LogP contribution >= 0.6 is 11.3 Å². The fourth-order valence-corrected chi connectivity index (χ4v) is 5.29. The Morgan fingerprint density at radius 3 is 2.14 bits per heavy atom. The number of rotatable bonds is 8. The predicted molar refractivity (Wildman–Crippen MR) is 139 cm³/mol. The fraction of sp³-hybridized carbons (Fsp3) is 0.321. The number of nitrogens with zero attached hydrogens (tertiary/aromatic N) is 2. The number of amides is 4. The maximum absolute atomic E-state index is 13.4. The molecule has 3 aromatic rings. The number of carbonyl (C=O) groups is 3. The van der Waals surface area contributed by atoms with Crippen molar-refractivity contribution in [2.75, 3.05) is 11.9 Å². The molecular formula is C28H31N3O3S. The summed E-state index contributed by atoms with van der Waals surface area (Å²) in [5, 5.41) is 4.91. The van der Waals surface area contributed by atoms with Crippen LogP contribution in [0.3, 0.4) is 0 Å². The van der Waals surface area contributed by atoms with Gasteiger partial charge in [0.15, 0.2) is 0 Å². The van der Waals surface area contributed by atoms with E-state index in [1.165, 1.54) is 11.3 Å². The van der Waals surface area contributed by atoms with Crippen LogP contribution in [-0.4, -0.2) is 34.2 Å². The number of anilines is 1. The Bertz CT molecular complexity index is 1180. The standard InChI is InChI=1S/C28H31N3O3S/c1-18(2)21-12-8-13-22(19(3)4)25(21)29-24(32)17-31-27(33)26(23-14-9-15-35-23)30(28(31)34)16-20-10-6-5-7-11-20/h5-15,18-19,26H,16-17H2,1-4H3,(H,29,32)/t26-/m0/s1. The zero-order valence-corrected chi connectivity index (χ0v) is 21.3. The largest absolute Gasteiger partial charge is 0.328 e. The topological polar surface area (TPSA) is 69.7 Å². The predicted octanol–water partition coefficient (Wildman–Crippen LogP) is 6.14. The van der Waals surface area contributed by atoms with Crippen LogP contribution in [0.2, 0.25) is 0 Å². The van der Waals surface area contributed by atoms with Crippen molar-refractivity contribution < 1.29 is 14.4 Å². The lowest BCUT2D eigenvalue weighted by Crippen LogP contribution is -2.39. The van der Waals surface area contributed by atoms with Crippen molar-refractivity contribution in [1.82, 2.24) is 9.80 Å². The summed E-state index contributed by atoms with van der Waals surface area (Å²) in [6, 6.07) is 18.1. The van der Waals surface area contributed by atoms with Gasteiger partial charge in [-0.3, -0.25) is 14.5 Å². The zero-order valence-electron chi connectivity index (χ0n) is 20.5. The minimum atomic E-state index is -0.732. The van der Waals surface area contributed by atoms with Gasteiger partial charge in [-0.05, 0) is 40.0 Å². The van der Waals surface area contributed by atoms with Crippen molar-refractivity contribution in [2.45, 2.75) is 52.1 Å². The first-order chi connectivity index (χ1) is 16.8. The van der Waals surface area contributed by atoms with Gasteiger partial charge in [-0.1, -0.05) is 82.3 Å². The van der Waals surface area contributed by atoms with Crippen LogP contribution in [-0.2, 0) is 16.1 Å². The lowest BCUT2D eigenvalue weighted by Gasteiger charge is -2.22. The first-order valence-electron chi connectivity index (χ1n) is 11.9. The van der Waals surface area contributed by atoms with Crippen molar-refractivity contribution >= 4 is 34.9 Å². The molecule has 1 atom stereocenters. The number of thiophene rings is 1. The fourth-order valence-electron chi connectivity index (χ4n) is 4.47. The average molecular weight is 490 g/mol. The number of benzene rings is 2. The van der Waals surface area contributed by atoms with E-state index in [0.29, 0.717) is 6.54 Å². The monoisotopic (exact) mass is 489 g/mol. The van der Waals surface area contributed by atoms with Crippen molar-refractivity contribution in [3.8, 4) is 0 Å². The summed E-state index contributed by atoms with van der Waals surface area (Å²) in [6.07, 6.45) is 0. The van der Waals surface area contributed by atoms with Gasteiger partial charge in [0.25, 0.3) is 5.91 Å². The molecule has 0 unspecified atom stereocenters. The number of urea groups is 1. The lowest BCUT2D eigenvalue weighted by atomic mass is 9.92. The van der Waals surface area contributed by atoms with Crippen LogP contribution in [0.5, 0.6) is 0 Å². The molecule has 1 fully saturated rings. The normalized spacial score (nSPS) is 16.0. The number of imide groups is 1. The van der Waals surface area contributed by atoms with Gasteiger partial charge in [-0.25, -0.2) is 4.79 Å². The summed E-state index contributed by atoms with van der Waals surface area (Å²) in [5.74, 6) is -0.329. The van der Waals surface area contributed by atoms with Gasteiger partial charge in [-0.2, -0.15) is 0 Å². The summed E-state index contributed by atoms with van der Waals surface area (Å²) in [5.41, 5.74) is 3.77. The SMILES string of the molecule is CC(C)c1cccc(C(C)C)c1NC(=O)CN1C(=O)[C@H](c2cccs2)N(Cc2ccccc2)C1=O. The highest BCUT2D eigenvalue weighted by atomic mass is 32.1. The Kier molecular flexibility index (Phi) is 7.36. The molecular weight excluding hydrogens is 458 g/mol. The number of nitrogens with one attached hydrogen (secondary N) is 1. The number of hydrogen-bond donors (Lipinski definition) is 1. The van der Waals surface area contributed by atoms with Crippen molar-refractivity contribution in [2.24, 2.45) is 0 Å². The number of para-hydroxylation sites is 1. The summed E-state index contributed by atoms with van der Waals surface area (Å²) >= 11 is 1.43. The van der Waals surface area contributed by atoms with Crippen molar-refractivity contribution in [1.29, 1.82) is 0 Å². The van der Waals surface area contributed by atoms with E-state index in [2.05, 4.69) is 33.0 Å². The van der Waals surface area contributed by atoms with Gasteiger partial charge in [0.05, 0.1) is 0 Å². The van der Waals surface area contributed by atoms with Crippen molar-refractivity contribution in [3.63, 3.8) is 0 Å². The van der Waals surface area contributed by atoms with E-state index in [4.69, 9.17) is 0 Å². The first kappa shape index (κ1) is 24.7. The summed E-state index contributed by atoms with van der Waals surface area (Å²) in [6.45, 7) is 8.28. The van der Waals surface area contributed by atoms with Crippen LogP contribution in [0.1, 0.15) is 67.1 Å². The van der Waals surface area contributed by atoms with Crippen LogP contribution in [0.25, 0.3) is 0 Å². The molecule has 0 bridgehead atoms.